The quantitative estimate of drug-likeness (QED) is 0.390. The summed E-state index contributed by atoms with van der Waals surface area (Å²) in [5.41, 5.74) is 12.1. The number of carbonyl (C=O) groups excluding carboxylic acids is 1. The van der Waals surface area contributed by atoms with Crippen molar-refractivity contribution in [2.45, 2.75) is 4.90 Å². The van der Waals surface area contributed by atoms with Crippen LogP contribution in [0.3, 0.4) is 0 Å². The predicted molar refractivity (Wildman–Crippen MR) is 95.2 cm³/mol. The van der Waals surface area contributed by atoms with Crippen LogP contribution in [0, 0.1) is 0 Å². The number of thiazole rings is 1. The number of amides is 1. The number of nitrogens with one attached hydrogen (secondary N) is 2. The Bertz CT molecular complexity index is 876. The summed E-state index contributed by atoms with van der Waals surface area (Å²) in [7, 11) is -2.45. The molecule has 10 nitrogen and oxygen atoms in total. The van der Waals surface area contributed by atoms with Crippen molar-refractivity contribution in [2.24, 2.45) is 16.5 Å². The third-order valence-electron chi connectivity index (χ3n) is 2.83. The molecule has 25 heavy (non-hydrogen) atoms. The van der Waals surface area contributed by atoms with E-state index in [9.17, 15) is 13.2 Å². The van der Waals surface area contributed by atoms with E-state index in [2.05, 4.69) is 20.0 Å². The number of sulfonamides is 1. The molecule has 0 saturated heterocycles. The molecule has 1 heterocycles. The Morgan fingerprint density at radius 2 is 2.16 bits per heavy atom. The van der Waals surface area contributed by atoms with Gasteiger partial charge in [0, 0.05) is 6.07 Å². The van der Waals surface area contributed by atoms with Crippen LogP contribution >= 0.6 is 11.3 Å². The number of rotatable bonds is 7. The van der Waals surface area contributed by atoms with Crippen LogP contribution < -0.4 is 26.2 Å². The van der Waals surface area contributed by atoms with Gasteiger partial charge in [0.15, 0.2) is 5.96 Å². The maximum atomic E-state index is 12.4. The largest absolute Gasteiger partial charge is 0.495 e. The van der Waals surface area contributed by atoms with Gasteiger partial charge in [0.05, 0.1) is 29.4 Å². The molecule has 6 N–H and O–H groups in total. The van der Waals surface area contributed by atoms with E-state index in [-0.39, 0.29) is 28.8 Å². The molecular formula is C13H16N6O4S2. The molecule has 0 radical (unpaired) electrons. The lowest BCUT2D eigenvalue weighted by atomic mass is 10.3. The van der Waals surface area contributed by atoms with Crippen LogP contribution in [-0.4, -0.2) is 38.9 Å². The number of ether oxygens (including phenoxy) is 1. The van der Waals surface area contributed by atoms with Crippen molar-refractivity contribution >= 4 is 43.9 Å². The van der Waals surface area contributed by atoms with E-state index >= 15 is 0 Å². The highest BCUT2D eigenvalue weighted by molar-refractivity contribution is 7.93. The average molecular weight is 384 g/mol. The first-order valence-electron chi connectivity index (χ1n) is 6.76. The first-order chi connectivity index (χ1) is 11.8. The highest BCUT2D eigenvalue weighted by atomic mass is 32.2. The second kappa shape index (κ2) is 7.81. The predicted octanol–water partition coefficient (Wildman–Crippen LogP) is 0.164. The number of carbonyl (C=O) groups is 1. The minimum Gasteiger partial charge on any atom is -0.495 e. The molecule has 1 aromatic heterocycles. The van der Waals surface area contributed by atoms with Crippen LogP contribution in [0.25, 0.3) is 0 Å². The number of aliphatic imine (C=N–C) groups is 1. The Balaban J connectivity index is 2.21. The van der Waals surface area contributed by atoms with Crippen molar-refractivity contribution in [3.05, 3.63) is 29.9 Å². The van der Waals surface area contributed by atoms with Crippen molar-refractivity contribution in [3.8, 4) is 5.75 Å². The second-order valence-corrected chi connectivity index (χ2v) is 7.19. The fourth-order valence-electron chi connectivity index (χ4n) is 1.75. The molecule has 0 saturated carbocycles. The smallest absolute Gasteiger partial charge is 0.262 e. The third-order valence-corrected chi connectivity index (χ3v) is 5.01. The number of nitrogens with zero attached hydrogens (tertiary/aromatic N) is 2. The fourth-order valence-corrected chi connectivity index (χ4v) is 3.58. The van der Waals surface area contributed by atoms with Gasteiger partial charge in [-0.05, 0) is 12.1 Å². The standard InChI is InChI=1S/C13H16N6O4S2/c1-23-10-4-8(25(21,22)19-12-6-16-7-24-12)2-3-9(10)18-11(20)5-17-13(14)15/h2-4,6-7,19H,5H2,1H3,(H,18,20)(H4,14,15,17). The maximum Gasteiger partial charge on any atom is 0.262 e. The van der Waals surface area contributed by atoms with E-state index in [1.807, 2.05) is 0 Å². The van der Waals surface area contributed by atoms with Crippen LogP contribution in [0.15, 0.2) is 39.8 Å². The third kappa shape index (κ3) is 5.06. The summed E-state index contributed by atoms with van der Waals surface area (Å²) in [4.78, 5) is 19.1. The molecule has 0 spiro atoms. The molecule has 0 aliphatic heterocycles. The van der Waals surface area contributed by atoms with E-state index in [4.69, 9.17) is 16.2 Å². The van der Waals surface area contributed by atoms with Crippen LogP contribution in [-0.2, 0) is 14.8 Å². The molecule has 0 aliphatic carbocycles. The van der Waals surface area contributed by atoms with E-state index in [0.717, 1.165) is 11.3 Å². The summed E-state index contributed by atoms with van der Waals surface area (Å²) in [6, 6.07) is 4.04. The summed E-state index contributed by atoms with van der Waals surface area (Å²) in [6.07, 6.45) is 1.40. The number of aromatic nitrogens is 1. The number of anilines is 2. The Morgan fingerprint density at radius 1 is 1.40 bits per heavy atom. The minimum absolute atomic E-state index is 0.0278. The maximum absolute atomic E-state index is 12.4. The van der Waals surface area contributed by atoms with E-state index in [1.165, 1.54) is 37.0 Å². The van der Waals surface area contributed by atoms with E-state index in [1.54, 1.807) is 0 Å². The molecule has 0 bridgehead atoms. The fraction of sp³-hybridized carbons (Fsp3) is 0.154. The first-order valence-corrected chi connectivity index (χ1v) is 9.12. The lowest BCUT2D eigenvalue weighted by Crippen LogP contribution is -2.25. The number of benzene rings is 1. The van der Waals surface area contributed by atoms with Crippen LogP contribution in [0.5, 0.6) is 5.75 Å². The Kier molecular flexibility index (Phi) is 5.77. The summed E-state index contributed by atoms with van der Waals surface area (Å²) in [6.45, 7) is -0.265. The normalized spacial score (nSPS) is 10.8. The molecule has 2 rings (SSSR count). The highest BCUT2D eigenvalue weighted by Gasteiger charge is 2.18. The zero-order valence-electron chi connectivity index (χ0n) is 13.1. The Morgan fingerprint density at radius 3 is 2.76 bits per heavy atom. The number of nitrogens with two attached hydrogens (primary N) is 2. The van der Waals surface area contributed by atoms with Crippen molar-refractivity contribution in [1.82, 2.24) is 4.98 Å². The van der Waals surface area contributed by atoms with Gasteiger partial charge in [-0.1, -0.05) is 0 Å². The van der Waals surface area contributed by atoms with Gasteiger partial charge in [-0.2, -0.15) is 0 Å². The summed E-state index contributed by atoms with van der Waals surface area (Å²) in [5.74, 6) is -0.520. The van der Waals surface area contributed by atoms with Gasteiger partial charge in [-0.25, -0.2) is 13.4 Å². The molecule has 0 unspecified atom stereocenters. The molecule has 0 aliphatic rings. The van der Waals surface area contributed by atoms with Gasteiger partial charge in [-0.3, -0.25) is 14.5 Å². The van der Waals surface area contributed by atoms with Crippen molar-refractivity contribution in [3.63, 3.8) is 0 Å². The Hall–Kier alpha value is -2.86. The molecule has 1 amide bonds. The zero-order chi connectivity index (χ0) is 18.4. The van der Waals surface area contributed by atoms with Gasteiger partial charge in [0.25, 0.3) is 10.0 Å². The van der Waals surface area contributed by atoms with E-state index in [0.29, 0.717) is 5.00 Å². The number of hydrogen-bond acceptors (Lipinski definition) is 7. The molecular weight excluding hydrogens is 368 g/mol. The molecule has 0 fully saturated rings. The van der Waals surface area contributed by atoms with Gasteiger partial charge < -0.3 is 21.5 Å². The topological polar surface area (TPSA) is 162 Å². The number of guanidine groups is 1. The molecule has 1 aromatic carbocycles. The van der Waals surface area contributed by atoms with Gasteiger partial charge in [-0.15, -0.1) is 11.3 Å². The van der Waals surface area contributed by atoms with Crippen molar-refractivity contribution in [2.75, 3.05) is 23.7 Å². The first kappa shape index (κ1) is 18.5. The SMILES string of the molecule is COc1cc(S(=O)(=O)Nc2cncs2)ccc1NC(=O)CN=C(N)N. The minimum atomic E-state index is -3.81. The summed E-state index contributed by atoms with van der Waals surface area (Å²) < 4.78 is 32.3. The van der Waals surface area contributed by atoms with Crippen LogP contribution in [0.4, 0.5) is 10.7 Å². The lowest BCUT2D eigenvalue weighted by molar-refractivity contribution is -0.114. The molecule has 134 valence electrons. The Labute approximate surface area is 148 Å². The van der Waals surface area contributed by atoms with Crippen molar-refractivity contribution in [1.29, 1.82) is 0 Å². The molecule has 12 heteroatoms. The van der Waals surface area contributed by atoms with Gasteiger partial charge in [0.2, 0.25) is 5.91 Å². The van der Waals surface area contributed by atoms with Crippen LogP contribution in [0.1, 0.15) is 0 Å². The lowest BCUT2D eigenvalue weighted by Gasteiger charge is -2.12. The summed E-state index contributed by atoms with van der Waals surface area (Å²) in [5, 5.41) is 2.92. The van der Waals surface area contributed by atoms with Gasteiger partial charge >= 0.3 is 0 Å². The number of methoxy groups -OCH3 is 1. The van der Waals surface area contributed by atoms with E-state index < -0.39 is 15.9 Å². The number of hydrogen-bond donors (Lipinski definition) is 4. The molecule has 2 aromatic rings. The molecule has 0 atom stereocenters. The summed E-state index contributed by atoms with van der Waals surface area (Å²) >= 11 is 1.15. The highest BCUT2D eigenvalue weighted by Crippen LogP contribution is 2.29. The zero-order valence-corrected chi connectivity index (χ0v) is 14.7. The monoisotopic (exact) mass is 384 g/mol. The van der Waals surface area contributed by atoms with Crippen molar-refractivity contribution < 1.29 is 17.9 Å². The van der Waals surface area contributed by atoms with Gasteiger partial charge in [0.1, 0.15) is 17.3 Å². The average Bonchev–Trinajstić information content (AvgIpc) is 3.05. The van der Waals surface area contributed by atoms with Crippen LogP contribution in [0.2, 0.25) is 0 Å². The second-order valence-electron chi connectivity index (χ2n) is 4.62.